The number of hydrogen-bond donors (Lipinski definition) is 1. The van der Waals surface area contributed by atoms with Gasteiger partial charge < -0.3 is 19.9 Å². The van der Waals surface area contributed by atoms with Gasteiger partial charge in [-0.25, -0.2) is 0 Å². The molecule has 1 N–H and O–H groups in total. The van der Waals surface area contributed by atoms with Gasteiger partial charge in [0.15, 0.2) is 6.61 Å². The molecule has 3 rings (SSSR count). The maximum Gasteiger partial charge on any atom is 0.265 e. The van der Waals surface area contributed by atoms with Crippen LogP contribution in [-0.2, 0) is 14.4 Å². The molecule has 0 aliphatic carbocycles. The number of hydrogen-bond acceptors (Lipinski definition) is 4. The van der Waals surface area contributed by atoms with Crippen molar-refractivity contribution in [3.63, 3.8) is 0 Å². The maximum atomic E-state index is 12.2. The van der Waals surface area contributed by atoms with Crippen molar-refractivity contribution in [2.24, 2.45) is 0 Å². The van der Waals surface area contributed by atoms with Crippen LogP contribution < -0.4 is 15.0 Å². The molecule has 0 atom stereocenters. The molecule has 2 aliphatic heterocycles. The highest BCUT2D eigenvalue weighted by molar-refractivity contribution is 5.98. The summed E-state index contributed by atoms with van der Waals surface area (Å²) in [6, 6.07) is 7.43. The molecule has 134 valence electrons. The second kappa shape index (κ2) is 7.55. The van der Waals surface area contributed by atoms with Crippen molar-refractivity contribution in [2.45, 2.75) is 32.2 Å². The minimum atomic E-state index is -0.138. The summed E-state index contributed by atoms with van der Waals surface area (Å²) >= 11 is 0. The third-order valence-electron chi connectivity index (χ3n) is 4.68. The smallest absolute Gasteiger partial charge is 0.265 e. The average Bonchev–Trinajstić information content (AvgIpc) is 2.61. The van der Waals surface area contributed by atoms with Crippen LogP contribution in [-0.4, -0.2) is 54.9 Å². The topological polar surface area (TPSA) is 79.0 Å². The lowest BCUT2D eigenvalue weighted by Crippen LogP contribution is -2.47. The van der Waals surface area contributed by atoms with Gasteiger partial charge in [0.1, 0.15) is 5.75 Å². The molecule has 0 saturated carbocycles. The number of nitrogens with one attached hydrogen (secondary N) is 1. The number of carbonyl (C=O) groups excluding carboxylic acids is 3. The number of nitrogens with zero attached hydrogens (tertiary/aromatic N) is 2. The molecule has 0 radical (unpaired) electrons. The summed E-state index contributed by atoms with van der Waals surface area (Å²) in [5.41, 5.74) is 0.710. The molecule has 0 bridgehead atoms. The van der Waals surface area contributed by atoms with E-state index in [4.69, 9.17) is 4.74 Å². The first-order valence-corrected chi connectivity index (χ1v) is 8.61. The van der Waals surface area contributed by atoms with E-state index in [1.807, 2.05) is 24.3 Å². The Bertz CT molecular complexity index is 668. The Morgan fingerprint density at radius 2 is 1.96 bits per heavy atom. The average molecular weight is 345 g/mol. The number of anilines is 1. The molecule has 3 amide bonds. The number of carbonyl (C=O) groups is 3. The van der Waals surface area contributed by atoms with Crippen LogP contribution in [0.25, 0.3) is 0 Å². The second-order valence-corrected chi connectivity index (χ2v) is 6.40. The number of para-hydroxylation sites is 2. The van der Waals surface area contributed by atoms with Crippen LogP contribution in [0, 0.1) is 0 Å². The molecule has 0 spiro atoms. The van der Waals surface area contributed by atoms with Gasteiger partial charge in [-0.15, -0.1) is 0 Å². The van der Waals surface area contributed by atoms with E-state index < -0.39 is 0 Å². The molecule has 1 saturated heterocycles. The van der Waals surface area contributed by atoms with Crippen molar-refractivity contribution in [1.82, 2.24) is 10.2 Å². The van der Waals surface area contributed by atoms with E-state index in [0.717, 1.165) is 12.8 Å². The Balaban J connectivity index is 1.50. The van der Waals surface area contributed by atoms with E-state index in [9.17, 15) is 14.4 Å². The van der Waals surface area contributed by atoms with Crippen LogP contribution in [0.1, 0.15) is 26.2 Å². The van der Waals surface area contributed by atoms with Gasteiger partial charge in [-0.1, -0.05) is 12.1 Å². The minimum absolute atomic E-state index is 0.00212. The molecule has 0 aromatic heterocycles. The van der Waals surface area contributed by atoms with Gasteiger partial charge in [-0.2, -0.15) is 0 Å². The van der Waals surface area contributed by atoms with Crippen LogP contribution in [0.3, 0.4) is 0 Å². The molecule has 7 heteroatoms. The van der Waals surface area contributed by atoms with Gasteiger partial charge in [-0.05, 0) is 25.0 Å². The lowest BCUT2D eigenvalue weighted by molar-refractivity contribution is -0.130. The van der Waals surface area contributed by atoms with Crippen LogP contribution in [0.4, 0.5) is 5.69 Å². The first-order valence-electron chi connectivity index (χ1n) is 8.61. The number of ether oxygens (including phenoxy) is 1. The fourth-order valence-electron chi connectivity index (χ4n) is 3.25. The van der Waals surface area contributed by atoms with Gasteiger partial charge in [0.05, 0.1) is 5.69 Å². The summed E-state index contributed by atoms with van der Waals surface area (Å²) in [5, 5.41) is 3.01. The molecule has 1 aromatic rings. The van der Waals surface area contributed by atoms with E-state index in [-0.39, 0.29) is 36.8 Å². The Morgan fingerprint density at radius 3 is 2.68 bits per heavy atom. The van der Waals surface area contributed by atoms with Gasteiger partial charge in [0.2, 0.25) is 11.8 Å². The monoisotopic (exact) mass is 345 g/mol. The first-order chi connectivity index (χ1) is 12.0. The summed E-state index contributed by atoms with van der Waals surface area (Å²) in [6.07, 6.45) is 1.78. The van der Waals surface area contributed by atoms with Crippen LogP contribution in [0.5, 0.6) is 5.75 Å². The maximum absolute atomic E-state index is 12.2. The number of benzene rings is 1. The zero-order chi connectivity index (χ0) is 17.8. The predicted octanol–water partition coefficient (Wildman–Crippen LogP) is 0.929. The van der Waals surface area contributed by atoms with Gasteiger partial charge in [0, 0.05) is 39.0 Å². The van der Waals surface area contributed by atoms with Gasteiger partial charge in [0.25, 0.3) is 5.91 Å². The molecule has 7 nitrogen and oxygen atoms in total. The molecule has 1 aromatic carbocycles. The van der Waals surface area contributed by atoms with Gasteiger partial charge >= 0.3 is 0 Å². The number of fused-ring (bicyclic) bond motifs is 1. The highest BCUT2D eigenvalue weighted by Crippen LogP contribution is 2.31. The summed E-state index contributed by atoms with van der Waals surface area (Å²) < 4.78 is 5.40. The second-order valence-electron chi connectivity index (χ2n) is 6.40. The van der Waals surface area contributed by atoms with Crippen LogP contribution >= 0.6 is 0 Å². The standard InChI is InChI=1S/C18H23N3O4/c1-13(22)20-9-6-14(7-10-20)19-17(23)8-11-21-15-4-2-3-5-16(15)25-12-18(21)24/h2-5,14H,6-12H2,1H3,(H,19,23). The van der Waals surface area contributed by atoms with E-state index >= 15 is 0 Å². The van der Waals surface area contributed by atoms with Crippen molar-refractivity contribution >= 4 is 23.4 Å². The SMILES string of the molecule is CC(=O)N1CCC(NC(=O)CCN2C(=O)COc3ccccc32)CC1. The summed E-state index contributed by atoms with van der Waals surface area (Å²) in [4.78, 5) is 39.1. The summed E-state index contributed by atoms with van der Waals surface area (Å²) in [7, 11) is 0. The quantitative estimate of drug-likeness (QED) is 0.880. The number of amides is 3. The van der Waals surface area contributed by atoms with E-state index in [1.165, 1.54) is 0 Å². The number of rotatable bonds is 4. The Hall–Kier alpha value is -2.57. The van der Waals surface area contributed by atoms with Crippen molar-refractivity contribution in [3.05, 3.63) is 24.3 Å². The zero-order valence-corrected chi connectivity index (χ0v) is 14.4. The van der Waals surface area contributed by atoms with E-state index in [2.05, 4.69) is 5.32 Å². The third-order valence-corrected chi connectivity index (χ3v) is 4.68. The third kappa shape index (κ3) is 4.10. The Kier molecular flexibility index (Phi) is 5.21. The minimum Gasteiger partial charge on any atom is -0.482 e. The first kappa shape index (κ1) is 17.3. The highest BCUT2D eigenvalue weighted by atomic mass is 16.5. The molecule has 25 heavy (non-hydrogen) atoms. The van der Waals surface area contributed by atoms with Crippen LogP contribution in [0.15, 0.2) is 24.3 Å². The van der Waals surface area contributed by atoms with Crippen LogP contribution in [0.2, 0.25) is 0 Å². The Labute approximate surface area is 146 Å². The largest absolute Gasteiger partial charge is 0.482 e. The van der Waals surface area contributed by atoms with Gasteiger partial charge in [-0.3, -0.25) is 14.4 Å². The normalized spacial score (nSPS) is 17.7. The molecular weight excluding hydrogens is 322 g/mol. The molecule has 1 fully saturated rings. The van der Waals surface area contributed by atoms with Crippen molar-refractivity contribution < 1.29 is 19.1 Å². The number of likely N-dealkylation sites (tertiary alicyclic amines) is 1. The number of piperidine rings is 1. The van der Waals surface area contributed by atoms with Crippen molar-refractivity contribution in [2.75, 3.05) is 31.1 Å². The highest BCUT2D eigenvalue weighted by Gasteiger charge is 2.26. The lowest BCUT2D eigenvalue weighted by atomic mass is 10.0. The fraction of sp³-hybridized carbons (Fsp3) is 0.500. The fourth-order valence-corrected chi connectivity index (χ4v) is 3.25. The summed E-state index contributed by atoms with van der Waals surface area (Å²) in [6.45, 7) is 3.25. The van der Waals surface area contributed by atoms with Crippen molar-refractivity contribution in [1.29, 1.82) is 0 Å². The zero-order valence-electron chi connectivity index (χ0n) is 14.4. The molecule has 2 aliphatic rings. The predicted molar refractivity (Wildman–Crippen MR) is 92.3 cm³/mol. The lowest BCUT2D eigenvalue weighted by Gasteiger charge is -2.32. The Morgan fingerprint density at radius 1 is 1.24 bits per heavy atom. The van der Waals surface area contributed by atoms with E-state index in [1.54, 1.807) is 16.7 Å². The molecular formula is C18H23N3O4. The van der Waals surface area contributed by atoms with Crippen molar-refractivity contribution in [3.8, 4) is 5.75 Å². The molecule has 2 heterocycles. The molecule has 0 unspecified atom stereocenters. The summed E-state index contributed by atoms with van der Waals surface area (Å²) in [5.74, 6) is 0.535. The van der Waals surface area contributed by atoms with E-state index in [0.29, 0.717) is 31.1 Å².